The summed E-state index contributed by atoms with van der Waals surface area (Å²) in [6, 6.07) is 10.4. The molecule has 1 saturated heterocycles. The van der Waals surface area contributed by atoms with E-state index in [0.29, 0.717) is 19.3 Å². The fourth-order valence-electron chi connectivity index (χ4n) is 3.38. The van der Waals surface area contributed by atoms with Gasteiger partial charge in [-0.2, -0.15) is 0 Å². The molecule has 1 unspecified atom stereocenters. The van der Waals surface area contributed by atoms with Crippen LogP contribution in [0.15, 0.2) is 30.3 Å². The van der Waals surface area contributed by atoms with Crippen molar-refractivity contribution in [3.05, 3.63) is 35.9 Å². The molecule has 1 fully saturated rings. The topological polar surface area (TPSA) is 41.9 Å². The molecule has 1 aromatic rings. The predicted octanol–water partition coefficient (Wildman–Crippen LogP) is 4.25. The number of aliphatic hydroxyl groups is 1. The van der Waals surface area contributed by atoms with Gasteiger partial charge in [-0.25, -0.2) is 0 Å². The predicted molar refractivity (Wildman–Crippen MR) is 110 cm³/mol. The molecule has 0 bridgehead atoms. The van der Waals surface area contributed by atoms with E-state index in [1.807, 2.05) is 6.07 Å². The van der Waals surface area contributed by atoms with Gasteiger partial charge in [0.1, 0.15) is 6.73 Å². The van der Waals surface area contributed by atoms with Crippen LogP contribution in [-0.4, -0.2) is 49.9 Å². The molecule has 1 aromatic carbocycles. The summed E-state index contributed by atoms with van der Waals surface area (Å²) in [5.41, 5.74) is 0.727. The zero-order valence-corrected chi connectivity index (χ0v) is 18.6. The summed E-state index contributed by atoms with van der Waals surface area (Å²) in [6.45, 7) is 17.4. The fraction of sp³-hybridized carbons (Fsp3) is 0.714. The molecule has 0 aromatic heterocycles. The van der Waals surface area contributed by atoms with Crippen molar-refractivity contribution in [1.29, 1.82) is 0 Å². The molecule has 2 atom stereocenters. The Morgan fingerprint density at radius 1 is 1.27 bits per heavy atom. The first-order valence-electron chi connectivity index (χ1n) is 9.69. The van der Waals surface area contributed by atoms with Crippen LogP contribution in [-0.2, 0) is 15.7 Å². The second-order valence-electron chi connectivity index (χ2n) is 9.45. The van der Waals surface area contributed by atoms with Crippen molar-refractivity contribution < 1.29 is 14.3 Å². The van der Waals surface area contributed by atoms with E-state index in [4.69, 9.17) is 9.16 Å². The van der Waals surface area contributed by atoms with Crippen LogP contribution in [0.5, 0.6) is 0 Å². The van der Waals surface area contributed by atoms with Crippen LogP contribution >= 0.6 is 0 Å². The Balaban J connectivity index is 2.27. The highest BCUT2D eigenvalue weighted by Gasteiger charge is 2.52. The lowest BCUT2D eigenvalue weighted by atomic mass is 9.86. The van der Waals surface area contributed by atoms with Gasteiger partial charge in [-0.15, -0.1) is 0 Å². The van der Waals surface area contributed by atoms with Crippen molar-refractivity contribution >= 4 is 8.32 Å². The van der Waals surface area contributed by atoms with Crippen molar-refractivity contribution in [3.8, 4) is 0 Å². The summed E-state index contributed by atoms with van der Waals surface area (Å²) >= 11 is 0. The molecule has 148 valence electrons. The second kappa shape index (κ2) is 8.11. The van der Waals surface area contributed by atoms with Crippen LogP contribution in [0, 0.1) is 5.92 Å². The number of rotatable bonds is 7. The minimum atomic E-state index is -1.92. The Morgan fingerprint density at radius 2 is 1.88 bits per heavy atom. The Bertz CT molecular complexity index is 570. The van der Waals surface area contributed by atoms with Gasteiger partial charge in [0.15, 0.2) is 8.32 Å². The van der Waals surface area contributed by atoms with E-state index >= 15 is 0 Å². The smallest absolute Gasteiger partial charge is 0.192 e. The number of nitrogens with zero attached hydrogens (tertiary/aromatic N) is 1. The highest BCUT2D eigenvalue weighted by Crippen LogP contribution is 2.40. The summed E-state index contributed by atoms with van der Waals surface area (Å²) < 4.78 is 12.7. The lowest BCUT2D eigenvalue weighted by molar-refractivity contribution is -0.0206. The van der Waals surface area contributed by atoms with E-state index in [0.717, 1.165) is 6.54 Å². The fourth-order valence-corrected chi connectivity index (χ4v) is 4.43. The highest BCUT2D eigenvalue weighted by atomic mass is 28.4. The van der Waals surface area contributed by atoms with Crippen LogP contribution in [0.4, 0.5) is 0 Å². The van der Waals surface area contributed by atoms with Crippen molar-refractivity contribution in [2.75, 3.05) is 19.9 Å². The van der Waals surface area contributed by atoms with Crippen LogP contribution in [0.2, 0.25) is 18.1 Å². The summed E-state index contributed by atoms with van der Waals surface area (Å²) in [5, 5.41) is 10.6. The molecule has 5 heteroatoms. The third-order valence-corrected chi connectivity index (χ3v) is 10.6. The zero-order chi connectivity index (χ0) is 19.6. The number of hydrogen-bond acceptors (Lipinski definition) is 4. The van der Waals surface area contributed by atoms with Crippen LogP contribution in [0.1, 0.15) is 40.2 Å². The average molecular weight is 380 g/mol. The highest BCUT2D eigenvalue weighted by molar-refractivity contribution is 6.74. The summed E-state index contributed by atoms with van der Waals surface area (Å²) in [4.78, 5) is 2.26. The number of hydrogen-bond donors (Lipinski definition) is 1. The quantitative estimate of drug-likeness (QED) is 0.719. The monoisotopic (exact) mass is 379 g/mol. The van der Waals surface area contributed by atoms with Gasteiger partial charge in [-0.05, 0) is 29.6 Å². The van der Waals surface area contributed by atoms with Crippen LogP contribution in [0.3, 0.4) is 0 Å². The molecule has 26 heavy (non-hydrogen) atoms. The van der Waals surface area contributed by atoms with E-state index < -0.39 is 13.9 Å². The third kappa shape index (κ3) is 4.39. The third-order valence-electron chi connectivity index (χ3n) is 6.15. The summed E-state index contributed by atoms with van der Waals surface area (Å²) in [7, 11) is -1.92. The molecule has 1 aliphatic heterocycles. The van der Waals surface area contributed by atoms with Gasteiger partial charge in [0.2, 0.25) is 0 Å². The van der Waals surface area contributed by atoms with Crippen LogP contribution in [0.25, 0.3) is 0 Å². The van der Waals surface area contributed by atoms with Gasteiger partial charge in [-0.3, -0.25) is 4.90 Å². The minimum absolute atomic E-state index is 0.0390. The number of benzene rings is 1. The standard InChI is InChI=1S/C21H37NO3Si/c1-17(2)19-21(14-23,15-25-26(6,7)20(3,4)5)22(16-24-19)13-18-11-9-8-10-12-18/h8-12,17,19,23H,13-16H2,1-7H3/t19?,21-/m1/s1. The van der Waals surface area contributed by atoms with Crippen molar-refractivity contribution in [3.63, 3.8) is 0 Å². The first-order valence-corrected chi connectivity index (χ1v) is 12.6. The lowest BCUT2D eigenvalue weighted by Gasteiger charge is -2.44. The van der Waals surface area contributed by atoms with E-state index in [9.17, 15) is 5.11 Å². The van der Waals surface area contributed by atoms with Gasteiger partial charge in [-0.1, -0.05) is 65.0 Å². The maximum absolute atomic E-state index is 10.5. The Morgan fingerprint density at radius 3 is 2.38 bits per heavy atom. The molecule has 0 radical (unpaired) electrons. The average Bonchev–Trinajstić information content (AvgIpc) is 2.92. The van der Waals surface area contributed by atoms with E-state index in [1.54, 1.807) is 0 Å². The van der Waals surface area contributed by atoms with Crippen molar-refractivity contribution in [2.45, 2.75) is 70.9 Å². The van der Waals surface area contributed by atoms with Gasteiger partial charge >= 0.3 is 0 Å². The largest absolute Gasteiger partial charge is 0.415 e. The molecule has 1 aliphatic rings. The molecule has 0 aliphatic carbocycles. The van der Waals surface area contributed by atoms with Crippen molar-refractivity contribution in [1.82, 2.24) is 4.90 Å². The molecule has 0 amide bonds. The molecule has 0 spiro atoms. The maximum Gasteiger partial charge on any atom is 0.192 e. The molecular formula is C21H37NO3Si. The number of ether oxygens (including phenoxy) is 1. The van der Waals surface area contributed by atoms with Crippen molar-refractivity contribution in [2.24, 2.45) is 5.92 Å². The first kappa shape index (κ1) is 21.6. The molecular weight excluding hydrogens is 342 g/mol. The maximum atomic E-state index is 10.5. The SMILES string of the molecule is CC(C)C1OCN(Cc2ccccc2)[C@]1(CO)CO[Si](C)(C)C(C)(C)C. The normalized spacial score (nSPS) is 25.2. The number of aliphatic hydroxyl groups excluding tert-OH is 1. The van der Waals surface area contributed by atoms with Gasteiger partial charge in [0, 0.05) is 6.54 Å². The minimum Gasteiger partial charge on any atom is -0.415 e. The Kier molecular flexibility index (Phi) is 6.73. The van der Waals surface area contributed by atoms with Gasteiger partial charge in [0.25, 0.3) is 0 Å². The van der Waals surface area contributed by atoms with Gasteiger partial charge in [0.05, 0.1) is 24.9 Å². The Labute approximate surface area is 160 Å². The second-order valence-corrected chi connectivity index (χ2v) is 14.3. The summed E-state index contributed by atoms with van der Waals surface area (Å²) in [5.74, 6) is 0.311. The Hall–Kier alpha value is -0.723. The molecule has 0 saturated carbocycles. The first-order chi connectivity index (χ1) is 12.0. The van der Waals surface area contributed by atoms with E-state index in [-0.39, 0.29) is 17.7 Å². The molecule has 1 N–H and O–H groups in total. The van der Waals surface area contributed by atoms with Crippen LogP contribution < -0.4 is 0 Å². The molecule has 2 rings (SSSR count). The molecule has 1 heterocycles. The van der Waals surface area contributed by atoms with Gasteiger partial charge < -0.3 is 14.3 Å². The van der Waals surface area contributed by atoms with E-state index in [2.05, 4.69) is 76.9 Å². The summed E-state index contributed by atoms with van der Waals surface area (Å²) in [6.07, 6.45) is -0.0408. The van der Waals surface area contributed by atoms with E-state index in [1.165, 1.54) is 5.56 Å². The molecule has 4 nitrogen and oxygen atoms in total. The zero-order valence-electron chi connectivity index (χ0n) is 17.6. The lowest BCUT2D eigenvalue weighted by Crippen LogP contribution is -2.60.